The third kappa shape index (κ3) is 7.79. The van der Waals surface area contributed by atoms with Gasteiger partial charge in [0, 0.05) is 17.7 Å². The fourth-order valence-electron chi connectivity index (χ4n) is 6.57. The second-order valence-corrected chi connectivity index (χ2v) is 12.7. The number of ketones is 1. The predicted molar refractivity (Wildman–Crippen MR) is 178 cm³/mol. The number of carbonyl (C=O) groups excluding carboxylic acids is 1. The summed E-state index contributed by atoms with van der Waals surface area (Å²) >= 11 is 0. The highest BCUT2D eigenvalue weighted by molar-refractivity contribution is 7.20. The van der Waals surface area contributed by atoms with E-state index in [4.69, 9.17) is 4.74 Å². The Morgan fingerprint density at radius 1 is 0.413 bits per heavy atom. The summed E-state index contributed by atoms with van der Waals surface area (Å²) in [6.07, 6.45) is -3.45. The number of carbonyl (C=O) groups is 1. The third-order valence-corrected chi connectivity index (χ3v) is 9.30. The fourth-order valence-corrected chi connectivity index (χ4v) is 6.57. The van der Waals surface area contributed by atoms with Gasteiger partial charge in [0.2, 0.25) is 12.3 Å². The number of aromatic nitrogens is 1. The molecule has 0 unspecified atom stereocenters. The van der Waals surface area contributed by atoms with E-state index in [1.165, 1.54) is 0 Å². The van der Waals surface area contributed by atoms with Crippen LogP contribution >= 0.6 is 0 Å². The van der Waals surface area contributed by atoms with Crippen molar-refractivity contribution in [2.45, 2.75) is 13.5 Å². The van der Waals surface area contributed by atoms with Crippen molar-refractivity contribution in [1.82, 2.24) is 0 Å². The largest absolute Gasteiger partial charge is 0.494 e. The molecule has 332 valence electrons. The number of rotatable bonds is 9. The normalized spacial score (nSPS) is 11.4. The highest BCUT2D eigenvalue weighted by atomic mass is 19.2. The number of pyridine rings is 1. The van der Waals surface area contributed by atoms with Crippen LogP contribution in [-0.4, -0.2) is 18.5 Å². The number of hydrogen-bond donors (Lipinski definition) is 0. The van der Waals surface area contributed by atoms with Gasteiger partial charge in [0.25, 0.3) is 0 Å². The van der Waals surface area contributed by atoms with Gasteiger partial charge in [-0.15, -0.1) is 21.9 Å². The van der Waals surface area contributed by atoms with Gasteiger partial charge in [-0.2, -0.15) is 4.57 Å². The smallest absolute Gasteiger partial charge is 0.227 e. The summed E-state index contributed by atoms with van der Waals surface area (Å²) in [4.78, 5) is 12.0. The van der Waals surface area contributed by atoms with Gasteiger partial charge in [-0.05, 0) is 31.2 Å². The molecular weight excluding hydrogens is 905 g/mol. The molecule has 3 nitrogen and oxygen atoms in total. The first-order valence-electron chi connectivity index (χ1n) is 16.9. The van der Waals surface area contributed by atoms with E-state index >= 15 is 35.1 Å². The van der Waals surface area contributed by atoms with E-state index in [1.807, 2.05) is 54.2 Å². The van der Waals surface area contributed by atoms with E-state index in [9.17, 15) is 57.5 Å². The van der Waals surface area contributed by atoms with Crippen LogP contribution in [0.25, 0.3) is 0 Å². The van der Waals surface area contributed by atoms with Gasteiger partial charge < -0.3 is 4.74 Å². The van der Waals surface area contributed by atoms with Crippen LogP contribution in [0.3, 0.4) is 0 Å². The molecule has 5 aromatic carbocycles. The molecule has 0 saturated heterocycles. The number of ether oxygens (including phenoxy) is 1. The fraction of sp³-hybridized carbons (Fsp3) is 0.0769. The summed E-state index contributed by atoms with van der Waals surface area (Å²) in [5, 5.41) is 0. The van der Waals surface area contributed by atoms with Crippen LogP contribution in [0, 0.1) is 116 Å². The summed E-state index contributed by atoms with van der Waals surface area (Å²) in [7, 11) is 0. The Morgan fingerprint density at radius 2 is 0.667 bits per heavy atom. The molecule has 0 spiro atoms. The molecule has 6 aromatic rings. The van der Waals surface area contributed by atoms with Crippen molar-refractivity contribution < 1.29 is 102 Å². The standard InChI is InChI=1S/C24BF20.C15H16NO2/c26-5-1(6(27)14(35)21(42)13(5)34)25(2-7(28)15(36)22(43)16(37)8(2)29,3-9(30)17(38)23(44)18(39)10(3)31)4-11(32)19(40)24(45)20(41)12(4)33;1-2-18-14-8-6-13(7-9-14)15(17)12-16-10-4-3-5-11-16/h;3-11H,2,12H2,1H3/q-1;+1. The Morgan fingerprint density at radius 3 is 0.921 bits per heavy atom. The van der Waals surface area contributed by atoms with Crippen molar-refractivity contribution in [2.75, 3.05) is 6.61 Å². The minimum atomic E-state index is -7.22. The summed E-state index contributed by atoms with van der Waals surface area (Å²) in [6, 6.07) is 13.0. The second kappa shape index (κ2) is 18.0. The summed E-state index contributed by atoms with van der Waals surface area (Å²) in [5.41, 5.74) is -13.6. The summed E-state index contributed by atoms with van der Waals surface area (Å²) in [5.74, 6) is -70.5. The molecule has 6 rings (SSSR count). The van der Waals surface area contributed by atoms with Crippen molar-refractivity contribution in [3.05, 3.63) is 177 Å². The maximum atomic E-state index is 15.4. The Labute approximate surface area is 338 Å². The highest BCUT2D eigenvalue weighted by Gasteiger charge is 2.52. The van der Waals surface area contributed by atoms with Crippen LogP contribution in [0.4, 0.5) is 87.8 Å². The molecule has 0 aliphatic rings. The lowest BCUT2D eigenvalue weighted by atomic mass is 9.12. The Bertz CT molecular complexity index is 2410. The third-order valence-electron chi connectivity index (χ3n) is 9.30. The Balaban J connectivity index is 0.000000345. The van der Waals surface area contributed by atoms with Crippen LogP contribution in [-0.2, 0) is 6.54 Å². The van der Waals surface area contributed by atoms with Gasteiger partial charge in [-0.3, -0.25) is 4.79 Å². The molecule has 0 aliphatic carbocycles. The zero-order valence-corrected chi connectivity index (χ0v) is 30.5. The van der Waals surface area contributed by atoms with Gasteiger partial charge in [0.05, 0.1) is 6.61 Å². The molecule has 63 heavy (non-hydrogen) atoms. The van der Waals surface area contributed by atoms with E-state index in [2.05, 4.69) is 0 Å². The quantitative estimate of drug-likeness (QED) is 0.0367. The summed E-state index contributed by atoms with van der Waals surface area (Å²) in [6.45, 7) is 2.92. The minimum absolute atomic E-state index is 0.0919. The molecule has 0 aliphatic heterocycles. The minimum Gasteiger partial charge on any atom is -0.494 e. The lowest BCUT2D eigenvalue weighted by molar-refractivity contribution is -0.683. The Kier molecular flexibility index (Phi) is 13.6. The molecule has 0 saturated carbocycles. The highest BCUT2D eigenvalue weighted by Crippen LogP contribution is 2.31. The molecule has 24 heteroatoms. The van der Waals surface area contributed by atoms with E-state index < -0.39 is 144 Å². The topological polar surface area (TPSA) is 30.2 Å². The van der Waals surface area contributed by atoms with E-state index in [1.54, 1.807) is 12.1 Å². The number of hydrogen-bond acceptors (Lipinski definition) is 2. The second-order valence-electron chi connectivity index (χ2n) is 12.7. The molecule has 1 aromatic heterocycles. The molecule has 0 N–H and O–H groups in total. The molecule has 0 radical (unpaired) electrons. The Hall–Kier alpha value is -6.62. The first kappa shape index (κ1) is 47.4. The van der Waals surface area contributed by atoms with Crippen molar-refractivity contribution in [2.24, 2.45) is 0 Å². The van der Waals surface area contributed by atoms with Crippen LogP contribution in [0.2, 0.25) is 0 Å². The van der Waals surface area contributed by atoms with Gasteiger partial charge >= 0.3 is 0 Å². The van der Waals surface area contributed by atoms with Crippen LogP contribution in [0.5, 0.6) is 5.75 Å². The monoisotopic (exact) mass is 921 g/mol. The number of halogens is 20. The van der Waals surface area contributed by atoms with Crippen molar-refractivity contribution >= 4 is 33.8 Å². The van der Waals surface area contributed by atoms with Crippen LogP contribution in [0.1, 0.15) is 17.3 Å². The number of benzene rings is 5. The van der Waals surface area contributed by atoms with Crippen molar-refractivity contribution in [3.63, 3.8) is 0 Å². The van der Waals surface area contributed by atoms with Crippen LogP contribution < -0.4 is 31.2 Å². The van der Waals surface area contributed by atoms with Crippen molar-refractivity contribution in [3.8, 4) is 5.75 Å². The van der Waals surface area contributed by atoms with Crippen molar-refractivity contribution in [1.29, 1.82) is 0 Å². The average Bonchev–Trinajstić information content (AvgIpc) is 3.27. The first-order valence-corrected chi connectivity index (χ1v) is 16.9. The van der Waals surface area contributed by atoms with Gasteiger partial charge in [-0.1, -0.05) is 6.07 Å². The maximum absolute atomic E-state index is 15.4. The average molecular weight is 921 g/mol. The molecular formula is C39H16BF20NO2. The summed E-state index contributed by atoms with van der Waals surface area (Å²) < 4.78 is 301. The SMILES string of the molecule is CCOc1ccc(C(=O)C[n+]2ccccc2)cc1.Fc1c(F)c(F)c([B-](c2c(F)c(F)c(F)c(F)c2F)(c2c(F)c(F)c(F)c(F)c2F)c2c(F)c(F)c(F)c(F)c2F)c(F)c1F. The molecule has 0 amide bonds. The maximum Gasteiger partial charge on any atom is 0.227 e. The number of nitrogens with zero attached hydrogens (tertiary/aromatic N) is 1. The van der Waals surface area contributed by atoms with E-state index in [-0.39, 0.29) is 5.78 Å². The lowest BCUT2D eigenvalue weighted by Gasteiger charge is -2.44. The molecule has 0 atom stereocenters. The molecule has 0 fully saturated rings. The van der Waals surface area contributed by atoms with E-state index in [0.29, 0.717) is 18.7 Å². The lowest BCUT2D eigenvalue weighted by Crippen LogP contribution is -2.81. The van der Waals surface area contributed by atoms with Gasteiger partial charge in [0.15, 0.2) is 82.2 Å². The predicted octanol–water partition coefficient (Wildman–Crippen LogP) is 8.10. The van der Waals surface area contributed by atoms with Crippen LogP contribution in [0.15, 0.2) is 54.9 Å². The zero-order chi connectivity index (χ0) is 47.2. The number of Topliss-reactive ketones (excluding diaryl/α,β-unsaturated/α-hetero) is 1. The zero-order valence-electron chi connectivity index (χ0n) is 30.5. The van der Waals surface area contributed by atoms with E-state index in [0.717, 1.165) is 5.75 Å². The van der Waals surface area contributed by atoms with Gasteiger partial charge in [0.1, 0.15) is 58.4 Å². The van der Waals surface area contributed by atoms with Gasteiger partial charge in [-0.25, -0.2) is 87.8 Å². The molecule has 1 heterocycles. The molecule has 0 bridgehead atoms. The first-order chi connectivity index (χ1) is 29.5.